The summed E-state index contributed by atoms with van der Waals surface area (Å²) in [5.41, 5.74) is -0.937. The van der Waals surface area contributed by atoms with E-state index in [1.165, 1.54) is 13.8 Å². The Hall–Kier alpha value is 0.613. The first-order chi connectivity index (χ1) is 8.81. The van der Waals surface area contributed by atoms with Crippen molar-refractivity contribution in [1.82, 2.24) is 5.32 Å². The van der Waals surface area contributed by atoms with Crippen LogP contribution in [0.3, 0.4) is 0 Å². The smallest absolute Gasteiger partial charge is 1.00 e. The third-order valence-corrected chi connectivity index (χ3v) is 2.03. The SMILES string of the molecule is CC(C)(CO)C(O)C(=O)NCCC(=O)O.O=S(=O)(O)O.[Ca+2].[H-].[H-].[Zn]. The molecule has 126 valence electrons. The van der Waals surface area contributed by atoms with Gasteiger partial charge in [0.25, 0.3) is 0 Å². The van der Waals surface area contributed by atoms with Crippen LogP contribution >= 0.6 is 0 Å². The van der Waals surface area contributed by atoms with Crippen LogP contribution in [0.4, 0.5) is 0 Å². The van der Waals surface area contributed by atoms with Crippen LogP contribution in [0.5, 0.6) is 0 Å². The minimum absolute atomic E-state index is 0. The van der Waals surface area contributed by atoms with Crippen molar-refractivity contribution in [2.75, 3.05) is 13.2 Å². The molecule has 0 rings (SSSR count). The molecule has 13 heteroatoms. The van der Waals surface area contributed by atoms with E-state index in [0.29, 0.717) is 0 Å². The average molecular weight is 425 g/mol. The molecule has 0 aliphatic heterocycles. The van der Waals surface area contributed by atoms with E-state index in [4.69, 9.17) is 27.7 Å². The summed E-state index contributed by atoms with van der Waals surface area (Å²) in [6.07, 6.45) is -1.55. The second-order valence-corrected chi connectivity index (χ2v) is 5.33. The minimum atomic E-state index is -4.67. The van der Waals surface area contributed by atoms with Crippen molar-refractivity contribution in [2.45, 2.75) is 26.4 Å². The van der Waals surface area contributed by atoms with E-state index in [9.17, 15) is 14.7 Å². The molecule has 6 N–H and O–H groups in total. The van der Waals surface area contributed by atoms with Gasteiger partial charge in [-0.3, -0.25) is 18.7 Å². The van der Waals surface area contributed by atoms with E-state index >= 15 is 0 Å². The van der Waals surface area contributed by atoms with Gasteiger partial charge in [0.2, 0.25) is 5.91 Å². The first-order valence-electron chi connectivity index (χ1n) is 5.29. The van der Waals surface area contributed by atoms with Gasteiger partial charge in [-0.15, -0.1) is 0 Å². The number of carboxylic acids is 1. The van der Waals surface area contributed by atoms with Gasteiger partial charge in [-0.2, -0.15) is 8.42 Å². The molecule has 0 heterocycles. The maximum absolute atomic E-state index is 11.3. The van der Waals surface area contributed by atoms with Gasteiger partial charge in [0.15, 0.2) is 0 Å². The van der Waals surface area contributed by atoms with Crippen LogP contribution in [0.2, 0.25) is 0 Å². The maximum atomic E-state index is 11.3. The molecule has 0 saturated heterocycles. The van der Waals surface area contributed by atoms with E-state index in [-0.39, 0.29) is 79.6 Å². The Kier molecular flexibility index (Phi) is 19.4. The molecule has 0 saturated carbocycles. The largest absolute Gasteiger partial charge is 2.00 e. The zero-order valence-electron chi connectivity index (χ0n) is 14.4. The molecule has 0 fully saturated rings. The predicted molar refractivity (Wildman–Crippen MR) is 74.3 cm³/mol. The van der Waals surface area contributed by atoms with Crippen LogP contribution in [0.25, 0.3) is 0 Å². The van der Waals surface area contributed by atoms with Crippen LogP contribution in [0.1, 0.15) is 23.1 Å². The molecule has 0 aliphatic rings. The fourth-order valence-electron chi connectivity index (χ4n) is 0.831. The van der Waals surface area contributed by atoms with Crippen molar-refractivity contribution in [3.8, 4) is 0 Å². The molecule has 0 radical (unpaired) electrons. The molecular formula is C9H21CaNO9SZn. The average Bonchev–Trinajstić information content (AvgIpc) is 2.25. The maximum Gasteiger partial charge on any atom is 2.00 e. The van der Waals surface area contributed by atoms with Gasteiger partial charge in [-0.05, 0) is 0 Å². The summed E-state index contributed by atoms with van der Waals surface area (Å²) in [6.45, 7) is 2.70. The Morgan fingerprint density at radius 2 is 1.64 bits per heavy atom. The van der Waals surface area contributed by atoms with Gasteiger partial charge in [-0.1, -0.05) is 13.8 Å². The number of nitrogens with one attached hydrogen (secondary N) is 1. The van der Waals surface area contributed by atoms with Gasteiger partial charge in [0.1, 0.15) is 6.10 Å². The fourth-order valence-corrected chi connectivity index (χ4v) is 0.831. The number of carboxylic acid groups (broad SMARTS) is 1. The number of rotatable bonds is 6. The fraction of sp³-hybridized carbons (Fsp3) is 0.778. The number of carbonyl (C=O) groups is 2. The summed E-state index contributed by atoms with van der Waals surface area (Å²) in [5, 5.41) is 29.0. The minimum Gasteiger partial charge on any atom is -1.00 e. The summed E-state index contributed by atoms with van der Waals surface area (Å²) in [6, 6.07) is 0. The van der Waals surface area contributed by atoms with Gasteiger partial charge in [0.05, 0.1) is 13.0 Å². The number of aliphatic hydroxyl groups excluding tert-OH is 2. The third kappa shape index (κ3) is 20.6. The number of hydrogen-bond acceptors (Lipinski definition) is 6. The van der Waals surface area contributed by atoms with Crippen molar-refractivity contribution in [3.05, 3.63) is 0 Å². The molecule has 0 aromatic heterocycles. The normalized spacial score (nSPS) is 11.7. The summed E-state index contributed by atoms with van der Waals surface area (Å²) in [5.74, 6) is -1.69. The van der Waals surface area contributed by atoms with Crippen molar-refractivity contribution in [2.24, 2.45) is 5.41 Å². The Labute approximate surface area is 174 Å². The monoisotopic (exact) mass is 423 g/mol. The molecule has 22 heavy (non-hydrogen) atoms. The molecule has 1 unspecified atom stereocenters. The standard InChI is InChI=1S/C9H17NO5.Ca.H2O4S.Zn.2H/c1-9(2,5-11)7(14)8(15)10-4-3-6(12)13;;1-5(2,3)4;;;/h7,11,14H,3-5H2,1-2H3,(H,10,15)(H,12,13);;(H2,1,2,3,4);;;/q;+2;;;2*-1. The number of aliphatic carboxylic acids is 1. The summed E-state index contributed by atoms with van der Waals surface area (Å²) in [7, 11) is -4.67. The van der Waals surface area contributed by atoms with Crippen LogP contribution in [0, 0.1) is 5.41 Å². The van der Waals surface area contributed by atoms with Crippen molar-refractivity contribution in [1.29, 1.82) is 0 Å². The summed E-state index contributed by atoms with van der Waals surface area (Å²) in [4.78, 5) is 21.4. The first-order valence-corrected chi connectivity index (χ1v) is 6.69. The zero-order valence-corrected chi connectivity index (χ0v) is 18.4. The van der Waals surface area contributed by atoms with E-state index in [1.54, 1.807) is 0 Å². The summed E-state index contributed by atoms with van der Waals surface area (Å²) >= 11 is 0. The molecule has 10 nitrogen and oxygen atoms in total. The van der Waals surface area contributed by atoms with E-state index in [1.807, 2.05) is 0 Å². The second kappa shape index (κ2) is 14.0. The molecular weight excluding hydrogens is 404 g/mol. The number of amides is 1. The zero-order chi connectivity index (χ0) is 16.6. The predicted octanol–water partition coefficient (Wildman–Crippen LogP) is -1.85. The molecule has 1 amide bonds. The van der Waals surface area contributed by atoms with Gasteiger partial charge >= 0.3 is 54.1 Å². The van der Waals surface area contributed by atoms with Crippen molar-refractivity contribution in [3.63, 3.8) is 0 Å². The van der Waals surface area contributed by atoms with Crippen LogP contribution < -0.4 is 5.32 Å². The molecule has 0 spiro atoms. The third-order valence-electron chi connectivity index (χ3n) is 2.03. The van der Waals surface area contributed by atoms with Gasteiger partial charge in [0, 0.05) is 31.4 Å². The Balaban J connectivity index is -0.0000000795. The Morgan fingerprint density at radius 1 is 1.27 bits per heavy atom. The van der Waals surface area contributed by atoms with E-state index in [2.05, 4.69) is 5.32 Å². The van der Waals surface area contributed by atoms with Crippen LogP contribution in [-0.2, 0) is 39.5 Å². The Bertz CT molecular complexity index is 431. The molecule has 0 aromatic rings. The Morgan fingerprint density at radius 3 is 1.91 bits per heavy atom. The molecule has 0 aromatic carbocycles. The van der Waals surface area contributed by atoms with Gasteiger partial charge in [-0.25, -0.2) is 0 Å². The van der Waals surface area contributed by atoms with Crippen molar-refractivity contribution < 1.29 is 64.8 Å². The van der Waals surface area contributed by atoms with E-state index < -0.39 is 33.8 Å². The first kappa shape index (κ1) is 30.5. The molecule has 0 aliphatic carbocycles. The summed E-state index contributed by atoms with van der Waals surface area (Å²) < 4.78 is 31.6. The number of hydrogen-bond donors (Lipinski definition) is 6. The second-order valence-electron chi connectivity index (χ2n) is 4.43. The van der Waals surface area contributed by atoms with Gasteiger partial charge < -0.3 is 23.5 Å². The molecule has 0 bridgehead atoms. The van der Waals surface area contributed by atoms with Crippen LogP contribution in [0.15, 0.2) is 0 Å². The van der Waals surface area contributed by atoms with E-state index in [0.717, 1.165) is 0 Å². The number of aliphatic hydroxyl groups is 2. The topological polar surface area (TPSA) is 181 Å². The van der Waals surface area contributed by atoms with Crippen molar-refractivity contribution >= 4 is 60.0 Å². The number of carbonyl (C=O) groups excluding carboxylic acids is 1. The molecule has 1 atom stereocenters. The van der Waals surface area contributed by atoms with Crippen LogP contribution in [-0.4, -0.2) is 102 Å². The quantitative estimate of drug-likeness (QED) is 0.210.